The largest absolute Gasteiger partial charge is 0.370 e. The first-order valence-corrected chi connectivity index (χ1v) is 6.41. The molecule has 0 saturated heterocycles. The number of hydrogen-bond donors (Lipinski definition) is 2. The Morgan fingerprint density at radius 3 is 2.56 bits per heavy atom. The second kappa shape index (κ2) is 5.07. The topological polar surface area (TPSA) is 50.4 Å². The zero-order valence-electron chi connectivity index (χ0n) is 10.6. The van der Waals surface area contributed by atoms with E-state index in [4.69, 9.17) is 5.73 Å². The van der Waals surface area contributed by atoms with Crippen LogP contribution < -0.4 is 11.1 Å². The minimum atomic E-state index is 0. The third kappa shape index (κ3) is 2.79. The molecule has 1 spiro atoms. The van der Waals surface area contributed by atoms with Crippen LogP contribution in [0, 0.1) is 5.41 Å². The van der Waals surface area contributed by atoms with E-state index in [0.29, 0.717) is 17.4 Å². The average molecular weight is 357 g/mol. The molecular formula is C14H20IN3. The van der Waals surface area contributed by atoms with E-state index >= 15 is 0 Å². The number of hydrogen-bond acceptors (Lipinski definition) is 1. The molecular weight excluding hydrogens is 337 g/mol. The second-order valence-electron chi connectivity index (χ2n) is 5.27. The molecule has 3 rings (SSSR count). The first kappa shape index (κ1) is 13.6. The summed E-state index contributed by atoms with van der Waals surface area (Å²) in [6.45, 7) is 2.15. The molecule has 3 N–H and O–H groups in total. The SMILES string of the molecule is CCc1ccc(NC(N)=NC2CC23CC3)cc1.I. The molecule has 0 bridgehead atoms. The Hall–Kier alpha value is -0.780. The van der Waals surface area contributed by atoms with Crippen LogP contribution in [-0.2, 0) is 6.42 Å². The smallest absolute Gasteiger partial charge is 0.193 e. The maximum atomic E-state index is 5.90. The normalized spacial score (nSPS) is 23.4. The van der Waals surface area contributed by atoms with E-state index in [1.807, 2.05) is 0 Å². The molecule has 1 atom stereocenters. The summed E-state index contributed by atoms with van der Waals surface area (Å²) in [4.78, 5) is 4.52. The standard InChI is InChI=1S/C14H19N3.HI/c1-2-10-3-5-11(6-4-10)16-13(15)17-12-9-14(12)7-8-14;/h3-6,12H,2,7-9H2,1H3,(H3,15,16,17);1H. The van der Waals surface area contributed by atoms with Gasteiger partial charge in [0.15, 0.2) is 5.96 Å². The van der Waals surface area contributed by atoms with Crippen molar-refractivity contribution in [3.63, 3.8) is 0 Å². The Balaban J connectivity index is 0.00000120. The lowest BCUT2D eigenvalue weighted by molar-refractivity contribution is 0.825. The van der Waals surface area contributed by atoms with E-state index in [0.717, 1.165) is 12.1 Å². The van der Waals surface area contributed by atoms with Gasteiger partial charge in [-0.1, -0.05) is 19.1 Å². The lowest BCUT2D eigenvalue weighted by atomic mass is 10.1. The van der Waals surface area contributed by atoms with Gasteiger partial charge in [0.1, 0.15) is 0 Å². The van der Waals surface area contributed by atoms with Crippen molar-refractivity contribution < 1.29 is 0 Å². The molecule has 1 aromatic carbocycles. The van der Waals surface area contributed by atoms with Crippen LogP contribution in [0.25, 0.3) is 0 Å². The van der Waals surface area contributed by atoms with Crippen molar-refractivity contribution in [1.29, 1.82) is 0 Å². The fourth-order valence-corrected chi connectivity index (χ4v) is 2.38. The lowest BCUT2D eigenvalue weighted by Gasteiger charge is -2.06. The number of anilines is 1. The Morgan fingerprint density at radius 2 is 2.06 bits per heavy atom. The Labute approximate surface area is 125 Å². The number of nitrogens with one attached hydrogen (secondary N) is 1. The zero-order valence-corrected chi connectivity index (χ0v) is 13.0. The highest BCUT2D eigenvalue weighted by Crippen LogP contribution is 2.67. The van der Waals surface area contributed by atoms with Gasteiger partial charge in [0.05, 0.1) is 6.04 Å². The molecule has 2 fully saturated rings. The molecule has 0 aromatic heterocycles. The molecule has 18 heavy (non-hydrogen) atoms. The van der Waals surface area contributed by atoms with Crippen LogP contribution in [0.5, 0.6) is 0 Å². The number of benzene rings is 1. The number of guanidine groups is 1. The van der Waals surface area contributed by atoms with Gasteiger partial charge in [-0.25, -0.2) is 4.99 Å². The summed E-state index contributed by atoms with van der Waals surface area (Å²) in [6, 6.07) is 8.84. The van der Waals surface area contributed by atoms with Gasteiger partial charge in [-0.2, -0.15) is 0 Å². The van der Waals surface area contributed by atoms with E-state index in [2.05, 4.69) is 41.5 Å². The van der Waals surface area contributed by atoms with E-state index in [1.165, 1.54) is 24.8 Å². The van der Waals surface area contributed by atoms with E-state index in [-0.39, 0.29) is 24.0 Å². The van der Waals surface area contributed by atoms with Crippen molar-refractivity contribution in [2.45, 2.75) is 38.6 Å². The predicted octanol–water partition coefficient (Wildman–Crippen LogP) is 3.15. The fourth-order valence-electron chi connectivity index (χ4n) is 2.38. The van der Waals surface area contributed by atoms with Gasteiger partial charge in [-0.3, -0.25) is 0 Å². The van der Waals surface area contributed by atoms with E-state index in [1.54, 1.807) is 0 Å². The van der Waals surface area contributed by atoms with Gasteiger partial charge in [0.25, 0.3) is 0 Å². The summed E-state index contributed by atoms with van der Waals surface area (Å²) in [7, 11) is 0. The van der Waals surface area contributed by atoms with Crippen LogP contribution >= 0.6 is 24.0 Å². The molecule has 1 aromatic rings. The highest BCUT2D eigenvalue weighted by atomic mass is 127. The molecule has 98 valence electrons. The summed E-state index contributed by atoms with van der Waals surface area (Å²) in [5, 5.41) is 3.16. The van der Waals surface area contributed by atoms with Gasteiger partial charge in [0.2, 0.25) is 0 Å². The molecule has 1 unspecified atom stereocenters. The molecule has 2 saturated carbocycles. The van der Waals surface area contributed by atoms with Gasteiger partial charge in [0, 0.05) is 5.69 Å². The molecule has 4 heteroatoms. The average Bonchev–Trinajstić information content (AvgIpc) is 3.22. The maximum absolute atomic E-state index is 5.90. The number of aliphatic imine (C=N–C) groups is 1. The Morgan fingerprint density at radius 1 is 1.39 bits per heavy atom. The van der Waals surface area contributed by atoms with Crippen LogP contribution in [-0.4, -0.2) is 12.0 Å². The molecule has 3 nitrogen and oxygen atoms in total. The molecule has 0 heterocycles. The third-order valence-corrected chi connectivity index (χ3v) is 3.97. The number of halogens is 1. The minimum absolute atomic E-state index is 0. The van der Waals surface area contributed by atoms with Gasteiger partial charge < -0.3 is 11.1 Å². The molecule has 2 aliphatic rings. The Bertz CT molecular complexity index is 449. The van der Waals surface area contributed by atoms with Gasteiger partial charge in [-0.15, -0.1) is 24.0 Å². The highest BCUT2D eigenvalue weighted by molar-refractivity contribution is 14.0. The Kier molecular flexibility index (Phi) is 3.84. The summed E-state index contributed by atoms with van der Waals surface area (Å²) in [6.07, 6.45) is 5.00. The summed E-state index contributed by atoms with van der Waals surface area (Å²) in [5.74, 6) is 0.558. The molecule has 2 aliphatic carbocycles. The van der Waals surface area contributed by atoms with Crippen LogP contribution in [0.2, 0.25) is 0 Å². The van der Waals surface area contributed by atoms with Crippen molar-refractivity contribution in [2.24, 2.45) is 16.1 Å². The fraction of sp³-hybridized carbons (Fsp3) is 0.500. The zero-order chi connectivity index (χ0) is 11.9. The van der Waals surface area contributed by atoms with Crippen LogP contribution in [0.1, 0.15) is 31.7 Å². The summed E-state index contributed by atoms with van der Waals surface area (Å²) < 4.78 is 0. The molecule has 0 amide bonds. The number of nitrogens with zero attached hydrogens (tertiary/aromatic N) is 1. The number of nitrogens with two attached hydrogens (primary N) is 1. The summed E-state index contributed by atoms with van der Waals surface area (Å²) >= 11 is 0. The van der Waals surface area contributed by atoms with Gasteiger partial charge in [-0.05, 0) is 48.8 Å². The second-order valence-corrected chi connectivity index (χ2v) is 5.27. The monoisotopic (exact) mass is 357 g/mol. The van der Waals surface area contributed by atoms with E-state index < -0.39 is 0 Å². The predicted molar refractivity (Wildman–Crippen MR) is 86.6 cm³/mol. The number of rotatable bonds is 3. The van der Waals surface area contributed by atoms with Crippen LogP contribution in [0.3, 0.4) is 0 Å². The quantitative estimate of drug-likeness (QED) is 0.496. The molecule has 0 radical (unpaired) electrons. The van der Waals surface area contributed by atoms with Gasteiger partial charge >= 0.3 is 0 Å². The third-order valence-electron chi connectivity index (χ3n) is 3.97. The summed E-state index contributed by atoms with van der Waals surface area (Å²) in [5.41, 5.74) is 8.85. The minimum Gasteiger partial charge on any atom is -0.370 e. The van der Waals surface area contributed by atoms with Crippen molar-refractivity contribution in [3.05, 3.63) is 29.8 Å². The first-order chi connectivity index (χ1) is 8.22. The van der Waals surface area contributed by atoms with Crippen LogP contribution in [0.15, 0.2) is 29.3 Å². The van der Waals surface area contributed by atoms with E-state index in [9.17, 15) is 0 Å². The first-order valence-electron chi connectivity index (χ1n) is 6.41. The lowest BCUT2D eigenvalue weighted by Crippen LogP contribution is -2.23. The maximum Gasteiger partial charge on any atom is 0.193 e. The number of aryl methyl sites for hydroxylation is 1. The van der Waals surface area contributed by atoms with Crippen molar-refractivity contribution in [1.82, 2.24) is 0 Å². The van der Waals surface area contributed by atoms with Crippen LogP contribution in [0.4, 0.5) is 5.69 Å². The van der Waals surface area contributed by atoms with Crippen molar-refractivity contribution in [2.75, 3.05) is 5.32 Å². The van der Waals surface area contributed by atoms with Crippen molar-refractivity contribution >= 4 is 35.6 Å². The highest BCUT2D eigenvalue weighted by Gasteiger charge is 2.63. The molecule has 0 aliphatic heterocycles. The van der Waals surface area contributed by atoms with Crippen molar-refractivity contribution in [3.8, 4) is 0 Å².